The Morgan fingerprint density at radius 2 is 2.13 bits per heavy atom. The lowest BCUT2D eigenvalue weighted by atomic mass is 10.2. The third-order valence-electron chi connectivity index (χ3n) is 2.10. The van der Waals surface area contributed by atoms with Crippen LogP contribution in [0.1, 0.15) is 5.56 Å². The average Bonchev–Trinajstić information content (AvgIpc) is 2.16. The number of hydrogen-bond acceptors (Lipinski definition) is 3. The van der Waals surface area contributed by atoms with E-state index < -0.39 is 6.03 Å². The highest BCUT2D eigenvalue weighted by atomic mass is 16.2. The molecule has 0 aromatic heterocycles. The first kappa shape index (κ1) is 9.51. The molecular formula is C10H11N3O2. The van der Waals surface area contributed by atoms with Crippen molar-refractivity contribution >= 4 is 17.6 Å². The van der Waals surface area contributed by atoms with Crippen molar-refractivity contribution in [2.75, 3.05) is 11.6 Å². The van der Waals surface area contributed by atoms with Crippen molar-refractivity contribution in [1.82, 2.24) is 10.7 Å². The van der Waals surface area contributed by atoms with Crippen molar-refractivity contribution < 1.29 is 9.59 Å². The highest BCUT2D eigenvalue weighted by molar-refractivity contribution is 6.00. The zero-order valence-corrected chi connectivity index (χ0v) is 8.28. The highest BCUT2D eigenvalue weighted by Gasteiger charge is 2.21. The second-order valence-corrected chi connectivity index (χ2v) is 3.41. The van der Waals surface area contributed by atoms with Crippen LogP contribution in [-0.4, -0.2) is 18.5 Å². The van der Waals surface area contributed by atoms with Gasteiger partial charge in [-0.15, -0.1) is 0 Å². The van der Waals surface area contributed by atoms with E-state index in [1.807, 2.05) is 31.2 Å². The summed E-state index contributed by atoms with van der Waals surface area (Å²) in [4.78, 5) is 22.2. The standard InChI is InChI=1S/C10H11N3O2/c1-7-3-2-4-8(5-7)13-6-9(14)11-10(15)12-13/h2-5H,6H2,1H3,(H2,11,12,14,15). The summed E-state index contributed by atoms with van der Waals surface area (Å²) in [5.41, 5.74) is 4.43. The van der Waals surface area contributed by atoms with Gasteiger partial charge < -0.3 is 0 Å². The van der Waals surface area contributed by atoms with Gasteiger partial charge in [-0.25, -0.2) is 10.2 Å². The smallest absolute Gasteiger partial charge is 0.275 e. The number of amides is 3. The normalized spacial score (nSPS) is 15.9. The lowest BCUT2D eigenvalue weighted by molar-refractivity contribution is -0.119. The lowest BCUT2D eigenvalue weighted by Gasteiger charge is -2.28. The number of hydrazine groups is 1. The third-order valence-corrected chi connectivity index (χ3v) is 2.10. The summed E-state index contributed by atoms with van der Waals surface area (Å²) in [5, 5.41) is 3.68. The van der Waals surface area contributed by atoms with Crippen LogP contribution in [0.25, 0.3) is 0 Å². The molecule has 3 amide bonds. The van der Waals surface area contributed by atoms with Gasteiger partial charge in [-0.1, -0.05) is 12.1 Å². The quantitative estimate of drug-likeness (QED) is 0.704. The van der Waals surface area contributed by atoms with Crippen molar-refractivity contribution in [1.29, 1.82) is 0 Å². The molecule has 1 aliphatic heterocycles. The number of anilines is 1. The molecule has 1 aliphatic rings. The molecule has 2 N–H and O–H groups in total. The van der Waals surface area contributed by atoms with Gasteiger partial charge in [-0.3, -0.25) is 15.1 Å². The molecule has 0 spiro atoms. The van der Waals surface area contributed by atoms with Crippen LogP contribution in [-0.2, 0) is 4.79 Å². The number of carbonyl (C=O) groups excluding carboxylic acids is 2. The largest absolute Gasteiger partial charge is 0.340 e. The number of nitrogens with one attached hydrogen (secondary N) is 2. The van der Waals surface area contributed by atoms with Crippen LogP contribution in [0.2, 0.25) is 0 Å². The fourth-order valence-corrected chi connectivity index (χ4v) is 1.45. The van der Waals surface area contributed by atoms with Crippen LogP contribution in [0.15, 0.2) is 24.3 Å². The first-order chi connectivity index (χ1) is 7.15. The van der Waals surface area contributed by atoms with Gasteiger partial charge in [-0.2, -0.15) is 0 Å². The Morgan fingerprint density at radius 1 is 1.33 bits per heavy atom. The molecule has 0 atom stereocenters. The number of urea groups is 1. The summed E-state index contributed by atoms with van der Waals surface area (Å²) in [5.74, 6) is -0.305. The van der Waals surface area contributed by atoms with Gasteiger partial charge in [0.1, 0.15) is 6.54 Å². The van der Waals surface area contributed by atoms with Crippen LogP contribution in [0, 0.1) is 6.92 Å². The van der Waals surface area contributed by atoms with Crippen LogP contribution in [0.3, 0.4) is 0 Å². The van der Waals surface area contributed by atoms with Crippen LogP contribution < -0.4 is 15.8 Å². The molecule has 2 rings (SSSR count). The van der Waals surface area contributed by atoms with Crippen LogP contribution in [0.4, 0.5) is 10.5 Å². The summed E-state index contributed by atoms with van der Waals surface area (Å²) in [6.45, 7) is 2.09. The fraction of sp³-hybridized carbons (Fsp3) is 0.200. The number of imide groups is 1. The molecule has 0 radical (unpaired) electrons. The third kappa shape index (κ3) is 2.07. The van der Waals surface area contributed by atoms with Crippen LogP contribution in [0.5, 0.6) is 0 Å². The van der Waals surface area contributed by atoms with E-state index in [1.165, 1.54) is 5.01 Å². The molecule has 1 aromatic rings. The number of hydrogen-bond donors (Lipinski definition) is 2. The van der Waals surface area contributed by atoms with Crippen molar-refractivity contribution in [3.05, 3.63) is 29.8 Å². The Kier molecular flexibility index (Phi) is 2.29. The predicted molar refractivity (Wildman–Crippen MR) is 55.2 cm³/mol. The first-order valence-electron chi connectivity index (χ1n) is 4.60. The second kappa shape index (κ2) is 3.61. The monoisotopic (exact) mass is 205 g/mol. The van der Waals surface area contributed by atoms with E-state index in [0.29, 0.717) is 0 Å². The Balaban J connectivity index is 2.23. The van der Waals surface area contributed by atoms with E-state index in [0.717, 1.165) is 11.3 Å². The van der Waals surface area contributed by atoms with E-state index in [2.05, 4.69) is 10.7 Å². The SMILES string of the molecule is Cc1cccc(N2CC(=O)NC(=O)N2)c1. The lowest BCUT2D eigenvalue weighted by Crippen LogP contribution is -2.59. The molecule has 0 bridgehead atoms. The number of rotatable bonds is 1. The van der Waals surface area contributed by atoms with Crippen molar-refractivity contribution in [2.24, 2.45) is 0 Å². The van der Waals surface area contributed by atoms with Crippen LogP contribution >= 0.6 is 0 Å². The number of carbonyl (C=O) groups is 2. The minimum atomic E-state index is -0.493. The summed E-state index contributed by atoms with van der Waals surface area (Å²) in [6.07, 6.45) is 0. The van der Waals surface area contributed by atoms with Gasteiger partial charge in [0, 0.05) is 0 Å². The molecule has 5 heteroatoms. The molecule has 1 heterocycles. The summed E-state index contributed by atoms with van der Waals surface area (Å²) in [6, 6.07) is 7.08. The average molecular weight is 205 g/mol. The number of nitrogens with zero attached hydrogens (tertiary/aromatic N) is 1. The fourth-order valence-electron chi connectivity index (χ4n) is 1.45. The van der Waals surface area contributed by atoms with Gasteiger partial charge in [0.15, 0.2) is 0 Å². The van der Waals surface area contributed by atoms with Crippen molar-refractivity contribution in [2.45, 2.75) is 6.92 Å². The maximum absolute atomic E-state index is 11.1. The zero-order chi connectivity index (χ0) is 10.8. The molecule has 15 heavy (non-hydrogen) atoms. The Bertz CT molecular complexity index is 401. The summed E-state index contributed by atoms with van der Waals surface area (Å²) >= 11 is 0. The van der Waals surface area contributed by atoms with Gasteiger partial charge in [-0.05, 0) is 24.6 Å². The van der Waals surface area contributed by atoms with Gasteiger partial charge in [0.05, 0.1) is 5.69 Å². The topological polar surface area (TPSA) is 61.4 Å². The van der Waals surface area contributed by atoms with Crippen molar-refractivity contribution in [3.63, 3.8) is 0 Å². The summed E-state index contributed by atoms with van der Waals surface area (Å²) < 4.78 is 0. The van der Waals surface area contributed by atoms with E-state index in [-0.39, 0.29) is 12.5 Å². The van der Waals surface area contributed by atoms with E-state index in [4.69, 9.17) is 0 Å². The Hall–Kier alpha value is -2.04. The molecule has 0 unspecified atom stereocenters. The predicted octanol–water partition coefficient (Wildman–Crippen LogP) is 0.556. The molecule has 1 fully saturated rings. The summed E-state index contributed by atoms with van der Waals surface area (Å²) in [7, 11) is 0. The molecular weight excluding hydrogens is 194 g/mol. The molecule has 1 saturated heterocycles. The minimum absolute atomic E-state index is 0.134. The number of benzene rings is 1. The minimum Gasteiger partial charge on any atom is -0.275 e. The second-order valence-electron chi connectivity index (χ2n) is 3.41. The first-order valence-corrected chi connectivity index (χ1v) is 4.60. The maximum atomic E-state index is 11.1. The molecule has 5 nitrogen and oxygen atoms in total. The molecule has 0 aliphatic carbocycles. The molecule has 0 saturated carbocycles. The van der Waals surface area contributed by atoms with Gasteiger partial charge in [0.25, 0.3) is 0 Å². The van der Waals surface area contributed by atoms with E-state index >= 15 is 0 Å². The maximum Gasteiger partial charge on any atom is 0.340 e. The highest BCUT2D eigenvalue weighted by Crippen LogP contribution is 2.14. The van der Waals surface area contributed by atoms with Gasteiger partial charge >= 0.3 is 6.03 Å². The Labute approximate surface area is 87.0 Å². The number of aryl methyl sites for hydroxylation is 1. The Morgan fingerprint density at radius 3 is 2.80 bits per heavy atom. The van der Waals surface area contributed by atoms with E-state index in [1.54, 1.807) is 0 Å². The van der Waals surface area contributed by atoms with Gasteiger partial charge in [0.2, 0.25) is 5.91 Å². The molecule has 78 valence electrons. The zero-order valence-electron chi connectivity index (χ0n) is 8.28. The van der Waals surface area contributed by atoms with Crippen molar-refractivity contribution in [3.8, 4) is 0 Å². The molecule has 1 aromatic carbocycles. The van der Waals surface area contributed by atoms with E-state index in [9.17, 15) is 9.59 Å².